The summed E-state index contributed by atoms with van der Waals surface area (Å²) in [6.07, 6.45) is 1.83. The van der Waals surface area contributed by atoms with Gasteiger partial charge in [0.05, 0.1) is 16.1 Å². The minimum absolute atomic E-state index is 0. The van der Waals surface area contributed by atoms with Gasteiger partial charge in [-0.25, -0.2) is 13.4 Å². The molecule has 5 rings (SSSR count). The van der Waals surface area contributed by atoms with Gasteiger partial charge in [0.2, 0.25) is 16.8 Å². The Labute approximate surface area is 188 Å². The number of nitrogens with zero attached hydrogens (tertiary/aromatic N) is 2. The molecule has 0 N–H and O–H groups in total. The zero-order chi connectivity index (χ0) is 20.9. The van der Waals surface area contributed by atoms with Crippen LogP contribution in [0.1, 0.15) is 25.3 Å². The molecule has 6 nitrogen and oxygen atoms in total. The summed E-state index contributed by atoms with van der Waals surface area (Å²) in [6, 6.07) is 12.9. The van der Waals surface area contributed by atoms with Crippen molar-refractivity contribution in [1.82, 2.24) is 9.29 Å². The van der Waals surface area contributed by atoms with E-state index >= 15 is 0 Å². The van der Waals surface area contributed by atoms with Crippen molar-refractivity contribution in [2.45, 2.75) is 31.6 Å². The number of ether oxygens (including phenoxy) is 2. The van der Waals surface area contributed by atoms with Crippen molar-refractivity contribution < 1.29 is 17.9 Å². The first-order chi connectivity index (χ1) is 14.4. The number of piperidine rings is 1. The third-order valence-electron chi connectivity index (χ3n) is 6.04. The summed E-state index contributed by atoms with van der Waals surface area (Å²) in [5.41, 5.74) is 3.58. The number of sulfonamides is 1. The van der Waals surface area contributed by atoms with Gasteiger partial charge in [0.1, 0.15) is 0 Å². The fourth-order valence-electron chi connectivity index (χ4n) is 4.10. The fraction of sp³-hybridized carbons (Fsp3) is 0.348. The van der Waals surface area contributed by atoms with Crippen LogP contribution in [0.4, 0.5) is 0 Å². The van der Waals surface area contributed by atoms with Gasteiger partial charge in [-0.05, 0) is 55.5 Å². The second-order valence-corrected chi connectivity index (χ2v) is 10.1. The molecule has 0 saturated carbocycles. The number of pyridine rings is 1. The average Bonchev–Trinajstić information content (AvgIpc) is 3.20. The molecule has 0 spiro atoms. The molecule has 0 unspecified atom stereocenters. The minimum Gasteiger partial charge on any atom is -0.454 e. The van der Waals surface area contributed by atoms with E-state index in [-0.39, 0.29) is 19.2 Å². The summed E-state index contributed by atoms with van der Waals surface area (Å²) in [5.74, 6) is 2.02. The van der Waals surface area contributed by atoms with E-state index in [1.807, 2.05) is 37.3 Å². The topological polar surface area (TPSA) is 68.7 Å². The highest BCUT2D eigenvalue weighted by Crippen LogP contribution is 2.37. The first-order valence-electron chi connectivity index (χ1n) is 10.2. The highest BCUT2D eigenvalue weighted by Gasteiger charge is 2.28. The second kappa shape index (κ2) is 8.30. The van der Waals surface area contributed by atoms with Crippen LogP contribution in [0.25, 0.3) is 22.2 Å². The van der Waals surface area contributed by atoms with Crippen LogP contribution < -0.4 is 9.47 Å². The average molecular weight is 461 g/mol. The quantitative estimate of drug-likeness (QED) is 0.562. The number of aromatic nitrogens is 1. The Hall–Kier alpha value is -2.35. The Morgan fingerprint density at radius 3 is 2.32 bits per heavy atom. The predicted octanol–water partition coefficient (Wildman–Crippen LogP) is 4.78. The molecule has 0 atom stereocenters. The van der Waals surface area contributed by atoms with Crippen molar-refractivity contribution in [3.63, 3.8) is 0 Å². The molecule has 1 saturated heterocycles. The molecule has 164 valence electrons. The fourth-order valence-corrected chi connectivity index (χ4v) is 5.57. The zero-order valence-corrected chi connectivity index (χ0v) is 19.1. The number of hydrogen-bond acceptors (Lipinski definition) is 5. The Balaban J connectivity index is 0.00000231. The van der Waals surface area contributed by atoms with E-state index in [4.69, 9.17) is 14.5 Å². The zero-order valence-electron chi connectivity index (χ0n) is 17.5. The van der Waals surface area contributed by atoms with Crippen molar-refractivity contribution in [2.75, 3.05) is 19.9 Å². The van der Waals surface area contributed by atoms with E-state index in [9.17, 15) is 8.42 Å². The first-order valence-corrected chi connectivity index (χ1v) is 11.7. The van der Waals surface area contributed by atoms with Crippen LogP contribution in [0.5, 0.6) is 11.5 Å². The van der Waals surface area contributed by atoms with Gasteiger partial charge in [-0.3, -0.25) is 0 Å². The lowest BCUT2D eigenvalue weighted by Gasteiger charge is -2.29. The normalized spacial score (nSPS) is 17.0. The van der Waals surface area contributed by atoms with Crippen molar-refractivity contribution in [3.8, 4) is 22.8 Å². The minimum atomic E-state index is -3.45. The van der Waals surface area contributed by atoms with E-state index < -0.39 is 10.0 Å². The van der Waals surface area contributed by atoms with E-state index in [0.29, 0.717) is 29.7 Å². The molecular formula is C23H25ClN2O4S. The maximum absolute atomic E-state index is 13.0. The summed E-state index contributed by atoms with van der Waals surface area (Å²) in [5, 5.41) is 1.02. The highest BCUT2D eigenvalue weighted by atomic mass is 35.5. The summed E-state index contributed by atoms with van der Waals surface area (Å²) >= 11 is 0. The van der Waals surface area contributed by atoms with Gasteiger partial charge in [-0.2, -0.15) is 4.31 Å². The Morgan fingerprint density at radius 1 is 1.00 bits per heavy atom. The number of fused-ring (bicyclic) bond motifs is 2. The maximum Gasteiger partial charge on any atom is 0.243 e. The van der Waals surface area contributed by atoms with E-state index in [2.05, 4.69) is 6.92 Å². The highest BCUT2D eigenvalue weighted by molar-refractivity contribution is 7.89. The van der Waals surface area contributed by atoms with Crippen molar-refractivity contribution in [2.24, 2.45) is 5.92 Å². The number of benzene rings is 2. The van der Waals surface area contributed by atoms with E-state index in [1.165, 1.54) is 0 Å². The molecule has 0 radical (unpaired) electrons. The smallest absolute Gasteiger partial charge is 0.243 e. The van der Waals surface area contributed by atoms with E-state index in [1.54, 1.807) is 16.4 Å². The molecule has 2 aromatic carbocycles. The van der Waals surface area contributed by atoms with Crippen LogP contribution in [0, 0.1) is 12.8 Å². The lowest BCUT2D eigenvalue weighted by molar-refractivity contribution is 0.174. The lowest BCUT2D eigenvalue weighted by Crippen LogP contribution is -2.37. The van der Waals surface area contributed by atoms with Gasteiger partial charge < -0.3 is 9.47 Å². The largest absolute Gasteiger partial charge is 0.454 e. The number of halogens is 1. The molecule has 31 heavy (non-hydrogen) atoms. The van der Waals surface area contributed by atoms with Crippen LogP contribution in [0.15, 0.2) is 47.4 Å². The molecule has 1 fully saturated rings. The van der Waals surface area contributed by atoms with Crippen LogP contribution in [0.3, 0.4) is 0 Å². The predicted molar refractivity (Wildman–Crippen MR) is 122 cm³/mol. The lowest BCUT2D eigenvalue weighted by atomic mass is 10.0. The molecule has 3 heterocycles. The molecule has 2 aliphatic rings. The molecule has 8 heteroatoms. The van der Waals surface area contributed by atoms with Crippen LogP contribution in [-0.2, 0) is 10.0 Å². The SMILES string of the molecule is Cc1cc(-c2ccc(S(=O)(=O)N3CCC(C)CC3)cc2)nc2cc3c(cc12)OCO3.Cl. The van der Waals surface area contributed by atoms with Gasteiger partial charge in [0.25, 0.3) is 0 Å². The monoisotopic (exact) mass is 460 g/mol. The van der Waals surface area contributed by atoms with Crippen molar-refractivity contribution in [1.29, 1.82) is 0 Å². The third kappa shape index (κ3) is 3.97. The third-order valence-corrected chi connectivity index (χ3v) is 7.95. The summed E-state index contributed by atoms with van der Waals surface area (Å²) in [4.78, 5) is 5.11. The van der Waals surface area contributed by atoms with Crippen LogP contribution >= 0.6 is 12.4 Å². The number of hydrogen-bond donors (Lipinski definition) is 0. The van der Waals surface area contributed by atoms with Gasteiger partial charge in [0, 0.05) is 30.1 Å². The van der Waals surface area contributed by atoms with Gasteiger partial charge in [0.15, 0.2) is 11.5 Å². The number of rotatable bonds is 3. The maximum atomic E-state index is 13.0. The molecule has 2 aliphatic heterocycles. The molecule has 0 bridgehead atoms. The van der Waals surface area contributed by atoms with Gasteiger partial charge >= 0.3 is 0 Å². The van der Waals surface area contributed by atoms with E-state index in [0.717, 1.165) is 46.3 Å². The Bertz CT molecular complexity index is 1220. The first kappa shape index (κ1) is 21.9. The standard InChI is InChI=1S/C23H24N2O4S.ClH/c1-15-7-9-25(10-8-15)30(26,27)18-5-3-17(4-6-18)20-11-16(2)19-12-22-23(29-14-28-22)13-21(19)24-20;/h3-6,11-13,15H,7-10,14H2,1-2H3;1H. The van der Waals surface area contributed by atoms with Crippen LogP contribution in [-0.4, -0.2) is 37.6 Å². The van der Waals surface area contributed by atoms with Crippen molar-refractivity contribution >= 4 is 33.3 Å². The van der Waals surface area contributed by atoms with Gasteiger partial charge in [-0.1, -0.05) is 19.1 Å². The van der Waals surface area contributed by atoms with Crippen LogP contribution in [0.2, 0.25) is 0 Å². The Morgan fingerprint density at radius 2 is 1.65 bits per heavy atom. The Kier molecular flexibility index (Phi) is 5.85. The molecular weight excluding hydrogens is 436 g/mol. The summed E-state index contributed by atoms with van der Waals surface area (Å²) in [7, 11) is -3.45. The summed E-state index contributed by atoms with van der Waals surface area (Å²) in [6.45, 7) is 5.61. The molecule has 0 aliphatic carbocycles. The second-order valence-electron chi connectivity index (χ2n) is 8.16. The van der Waals surface area contributed by atoms with Gasteiger partial charge in [-0.15, -0.1) is 12.4 Å². The molecule has 3 aromatic rings. The summed E-state index contributed by atoms with van der Waals surface area (Å²) < 4.78 is 38.5. The van der Waals surface area contributed by atoms with Crippen molar-refractivity contribution in [3.05, 3.63) is 48.0 Å². The number of aryl methyl sites for hydroxylation is 1. The molecule has 0 amide bonds. The molecule has 1 aromatic heterocycles.